The summed E-state index contributed by atoms with van der Waals surface area (Å²) in [6, 6.07) is 7.82. The van der Waals surface area contributed by atoms with Crippen molar-refractivity contribution in [1.82, 2.24) is 10.6 Å². The summed E-state index contributed by atoms with van der Waals surface area (Å²) < 4.78 is 0.690. The molecule has 5 N–H and O–H groups in total. The number of thiophene rings is 1. The number of rotatable bonds is 5. The predicted octanol–water partition coefficient (Wildman–Crippen LogP) is 1.74. The van der Waals surface area contributed by atoms with E-state index in [-0.39, 0.29) is 22.3 Å². The van der Waals surface area contributed by atoms with Gasteiger partial charge in [-0.2, -0.15) is 0 Å². The SMILES string of the molecule is CNC(=O)C1=NCNC1(C(N)=O)c1ccc(NC(=O)c2cc(Cl)sc2Cl)cc1. The third kappa shape index (κ3) is 3.49. The Morgan fingerprint density at radius 3 is 2.43 bits per heavy atom. The summed E-state index contributed by atoms with van der Waals surface area (Å²) in [7, 11) is 1.44. The van der Waals surface area contributed by atoms with Crippen molar-refractivity contribution in [2.24, 2.45) is 10.7 Å². The van der Waals surface area contributed by atoms with Crippen molar-refractivity contribution in [2.45, 2.75) is 5.54 Å². The lowest BCUT2D eigenvalue weighted by Crippen LogP contribution is -2.58. The number of aliphatic imine (C=N–C) groups is 1. The zero-order valence-electron chi connectivity index (χ0n) is 14.5. The molecule has 1 atom stereocenters. The molecule has 3 amide bonds. The number of carbonyl (C=O) groups excluding carboxylic acids is 3. The van der Waals surface area contributed by atoms with Gasteiger partial charge >= 0.3 is 0 Å². The van der Waals surface area contributed by atoms with E-state index >= 15 is 0 Å². The smallest absolute Gasteiger partial charge is 0.267 e. The second-order valence-corrected chi connectivity index (χ2v) is 8.09. The van der Waals surface area contributed by atoms with Crippen LogP contribution in [0.1, 0.15) is 15.9 Å². The van der Waals surface area contributed by atoms with Crippen molar-refractivity contribution in [3.63, 3.8) is 0 Å². The number of hydrogen-bond acceptors (Lipinski definition) is 6. The Bertz CT molecular complexity index is 989. The van der Waals surface area contributed by atoms with Gasteiger partial charge in [-0.3, -0.25) is 24.7 Å². The molecule has 0 saturated heterocycles. The lowest BCUT2D eigenvalue weighted by molar-refractivity contribution is -0.123. The predicted molar refractivity (Wildman–Crippen MR) is 109 cm³/mol. The summed E-state index contributed by atoms with van der Waals surface area (Å²) in [5, 5.41) is 8.04. The van der Waals surface area contributed by atoms with E-state index in [2.05, 4.69) is 20.9 Å². The number of hydrogen-bond donors (Lipinski definition) is 4. The van der Waals surface area contributed by atoms with Gasteiger partial charge in [0, 0.05) is 12.7 Å². The fourth-order valence-electron chi connectivity index (χ4n) is 2.88. The van der Waals surface area contributed by atoms with Gasteiger partial charge in [0.15, 0.2) is 5.54 Å². The summed E-state index contributed by atoms with van der Waals surface area (Å²) in [5.41, 5.74) is 5.19. The summed E-state index contributed by atoms with van der Waals surface area (Å²) in [6.45, 7) is 0.0710. The molecular formula is C17H15Cl2N5O3S. The molecule has 0 radical (unpaired) electrons. The first kappa shape index (κ1) is 20.3. The molecule has 1 aromatic carbocycles. The van der Waals surface area contributed by atoms with Crippen LogP contribution in [0.5, 0.6) is 0 Å². The van der Waals surface area contributed by atoms with E-state index in [1.54, 1.807) is 24.3 Å². The maximum Gasteiger partial charge on any atom is 0.267 e. The standard InChI is InChI=1S/C17H15Cl2N5O3S/c1-21-15(26)12-17(16(20)27,23-7-22-12)8-2-4-9(5-3-8)24-14(25)10-6-11(18)28-13(10)19/h2-6,23H,7H2,1H3,(H2,20,27)(H,21,26)(H,24,25). The first-order valence-electron chi connectivity index (χ1n) is 7.98. The van der Waals surface area contributed by atoms with E-state index < -0.39 is 23.3 Å². The van der Waals surface area contributed by atoms with Gasteiger partial charge in [-0.15, -0.1) is 11.3 Å². The fourth-order valence-corrected chi connectivity index (χ4v) is 4.34. The normalized spacial score (nSPS) is 18.5. The van der Waals surface area contributed by atoms with E-state index in [9.17, 15) is 14.4 Å². The first-order valence-corrected chi connectivity index (χ1v) is 9.55. The number of amides is 3. The van der Waals surface area contributed by atoms with Crippen LogP contribution >= 0.6 is 34.5 Å². The van der Waals surface area contributed by atoms with Crippen LogP contribution in [0, 0.1) is 0 Å². The highest BCUT2D eigenvalue weighted by Crippen LogP contribution is 2.32. The monoisotopic (exact) mass is 439 g/mol. The van der Waals surface area contributed by atoms with Gasteiger partial charge in [0.1, 0.15) is 10.0 Å². The van der Waals surface area contributed by atoms with Crippen LogP contribution in [-0.4, -0.2) is 37.1 Å². The average molecular weight is 440 g/mol. The van der Waals surface area contributed by atoms with E-state index in [1.807, 2.05) is 0 Å². The van der Waals surface area contributed by atoms with Crippen molar-refractivity contribution in [3.8, 4) is 0 Å². The van der Waals surface area contributed by atoms with Crippen LogP contribution in [0.15, 0.2) is 35.3 Å². The Hall–Kier alpha value is -2.46. The first-order chi connectivity index (χ1) is 13.3. The molecule has 0 aliphatic carbocycles. The second kappa shape index (κ2) is 7.88. The van der Waals surface area contributed by atoms with E-state index in [4.69, 9.17) is 28.9 Å². The van der Waals surface area contributed by atoms with Gasteiger partial charge in [-0.05, 0) is 23.8 Å². The lowest BCUT2D eigenvalue weighted by Gasteiger charge is -2.27. The van der Waals surface area contributed by atoms with Crippen molar-refractivity contribution >= 4 is 63.7 Å². The van der Waals surface area contributed by atoms with Crippen LogP contribution in [0.4, 0.5) is 5.69 Å². The van der Waals surface area contributed by atoms with Crippen LogP contribution < -0.4 is 21.7 Å². The molecule has 1 unspecified atom stereocenters. The minimum atomic E-state index is -1.55. The topological polar surface area (TPSA) is 126 Å². The molecule has 8 nitrogen and oxygen atoms in total. The van der Waals surface area contributed by atoms with Crippen molar-refractivity contribution < 1.29 is 14.4 Å². The highest BCUT2D eigenvalue weighted by atomic mass is 35.5. The second-order valence-electron chi connectivity index (χ2n) is 5.80. The average Bonchev–Trinajstić information content (AvgIpc) is 3.25. The molecule has 0 saturated carbocycles. The number of nitrogens with two attached hydrogens (primary N) is 1. The van der Waals surface area contributed by atoms with Gasteiger partial charge in [-0.1, -0.05) is 35.3 Å². The minimum absolute atomic E-state index is 0.0148. The molecule has 0 spiro atoms. The highest BCUT2D eigenvalue weighted by molar-refractivity contribution is 7.20. The van der Waals surface area contributed by atoms with Gasteiger partial charge in [-0.25, -0.2) is 0 Å². The number of benzene rings is 1. The number of halogens is 2. The molecule has 2 heterocycles. The molecule has 1 aromatic heterocycles. The molecule has 0 fully saturated rings. The fraction of sp³-hybridized carbons (Fsp3) is 0.176. The Morgan fingerprint density at radius 2 is 1.89 bits per heavy atom. The zero-order chi connectivity index (χ0) is 20.5. The van der Waals surface area contributed by atoms with E-state index in [1.165, 1.54) is 13.1 Å². The highest BCUT2D eigenvalue weighted by Gasteiger charge is 2.49. The Labute approximate surface area is 174 Å². The lowest BCUT2D eigenvalue weighted by atomic mass is 9.84. The number of anilines is 1. The number of primary amides is 1. The Balaban J connectivity index is 1.88. The third-order valence-corrected chi connectivity index (χ3v) is 5.71. The summed E-state index contributed by atoms with van der Waals surface area (Å²) in [5.74, 6) is -1.69. The van der Waals surface area contributed by atoms with Gasteiger partial charge in [0.25, 0.3) is 11.8 Å². The molecule has 0 bridgehead atoms. The van der Waals surface area contributed by atoms with Crippen molar-refractivity contribution in [3.05, 3.63) is 50.1 Å². The number of nitrogens with one attached hydrogen (secondary N) is 3. The van der Waals surface area contributed by atoms with Gasteiger partial charge in [0.05, 0.1) is 16.6 Å². The summed E-state index contributed by atoms with van der Waals surface area (Å²) >= 11 is 12.9. The Kier molecular flexibility index (Phi) is 5.71. The molecule has 1 aliphatic rings. The van der Waals surface area contributed by atoms with Gasteiger partial charge in [0.2, 0.25) is 5.91 Å². The molecule has 146 valence electrons. The Morgan fingerprint density at radius 1 is 1.21 bits per heavy atom. The van der Waals surface area contributed by atoms with E-state index in [0.29, 0.717) is 15.6 Å². The summed E-state index contributed by atoms with van der Waals surface area (Å²) in [6.07, 6.45) is 0. The number of carbonyl (C=O) groups is 3. The molecule has 1 aliphatic heterocycles. The zero-order valence-corrected chi connectivity index (χ0v) is 16.8. The van der Waals surface area contributed by atoms with Crippen LogP contribution in [-0.2, 0) is 15.1 Å². The van der Waals surface area contributed by atoms with Crippen LogP contribution in [0.3, 0.4) is 0 Å². The van der Waals surface area contributed by atoms with Crippen LogP contribution in [0.25, 0.3) is 0 Å². The quantitative estimate of drug-likeness (QED) is 0.565. The molecule has 2 aromatic rings. The molecule has 3 rings (SSSR count). The molecule has 28 heavy (non-hydrogen) atoms. The maximum atomic E-state index is 12.3. The molecule has 11 heteroatoms. The van der Waals surface area contributed by atoms with Crippen molar-refractivity contribution in [2.75, 3.05) is 19.0 Å². The largest absolute Gasteiger partial charge is 0.367 e. The van der Waals surface area contributed by atoms with Crippen LogP contribution in [0.2, 0.25) is 8.67 Å². The minimum Gasteiger partial charge on any atom is -0.367 e. The maximum absolute atomic E-state index is 12.3. The third-order valence-electron chi connectivity index (χ3n) is 4.23. The number of nitrogens with zero attached hydrogens (tertiary/aromatic N) is 1. The van der Waals surface area contributed by atoms with Crippen molar-refractivity contribution in [1.29, 1.82) is 0 Å². The summed E-state index contributed by atoms with van der Waals surface area (Å²) in [4.78, 5) is 40.8. The van der Waals surface area contributed by atoms with E-state index in [0.717, 1.165) is 11.3 Å². The van der Waals surface area contributed by atoms with Gasteiger partial charge < -0.3 is 16.4 Å². The molecular weight excluding hydrogens is 425 g/mol.